The van der Waals surface area contributed by atoms with Crippen molar-refractivity contribution in [3.05, 3.63) is 17.0 Å². The summed E-state index contributed by atoms with van der Waals surface area (Å²) in [5.41, 5.74) is 0.900. The zero-order valence-electron chi connectivity index (χ0n) is 11.7. The summed E-state index contributed by atoms with van der Waals surface area (Å²) in [4.78, 5) is 21.8. The number of halogens is 1. The van der Waals surface area contributed by atoms with Crippen LogP contribution in [0.15, 0.2) is 6.33 Å². The largest absolute Gasteiger partial charge is 0.355 e. The van der Waals surface area contributed by atoms with Gasteiger partial charge >= 0.3 is 0 Å². The molecule has 0 aliphatic heterocycles. The number of nitrogens with zero attached hydrogens (tertiary/aromatic N) is 3. The second-order valence-corrected chi connectivity index (χ2v) is 4.78. The van der Waals surface area contributed by atoms with Crippen LogP contribution in [-0.2, 0) is 11.2 Å². The Morgan fingerprint density at radius 2 is 2.11 bits per heavy atom. The van der Waals surface area contributed by atoms with Crippen molar-refractivity contribution in [3.8, 4) is 0 Å². The Bertz CT molecular complexity index is 425. The van der Waals surface area contributed by atoms with Crippen LogP contribution >= 0.6 is 11.6 Å². The second-order valence-electron chi connectivity index (χ2n) is 4.42. The molecule has 1 amide bonds. The van der Waals surface area contributed by atoms with Crippen LogP contribution in [0.4, 0.5) is 5.82 Å². The molecule has 1 aromatic rings. The second kappa shape index (κ2) is 7.94. The Hall–Kier alpha value is -1.36. The topological polar surface area (TPSA) is 58.1 Å². The van der Waals surface area contributed by atoms with Crippen molar-refractivity contribution < 1.29 is 4.79 Å². The van der Waals surface area contributed by atoms with Gasteiger partial charge in [0.05, 0.1) is 6.54 Å². The maximum atomic E-state index is 11.7. The number of aromatic nitrogens is 2. The van der Waals surface area contributed by atoms with Crippen LogP contribution in [-0.4, -0.2) is 36.0 Å². The Kier molecular flexibility index (Phi) is 6.56. The van der Waals surface area contributed by atoms with Crippen molar-refractivity contribution in [3.63, 3.8) is 0 Å². The fourth-order valence-electron chi connectivity index (χ4n) is 1.79. The molecule has 0 bridgehead atoms. The lowest BCUT2D eigenvalue weighted by molar-refractivity contribution is -0.119. The van der Waals surface area contributed by atoms with Crippen molar-refractivity contribution in [2.45, 2.75) is 33.1 Å². The molecule has 0 aliphatic carbocycles. The summed E-state index contributed by atoms with van der Waals surface area (Å²) < 4.78 is 0. The van der Waals surface area contributed by atoms with E-state index in [2.05, 4.69) is 22.2 Å². The van der Waals surface area contributed by atoms with Gasteiger partial charge in [-0.1, -0.05) is 31.9 Å². The predicted octanol–water partition coefficient (Wildman–Crippen LogP) is 2.04. The molecule has 0 aliphatic rings. The first-order valence-corrected chi connectivity index (χ1v) is 6.95. The van der Waals surface area contributed by atoms with Gasteiger partial charge in [-0.25, -0.2) is 9.97 Å². The van der Waals surface area contributed by atoms with Gasteiger partial charge in [0.25, 0.3) is 0 Å². The first-order chi connectivity index (χ1) is 9.10. The predicted molar refractivity (Wildman–Crippen MR) is 77.6 cm³/mol. The van der Waals surface area contributed by atoms with E-state index in [1.165, 1.54) is 6.33 Å². The molecule has 0 radical (unpaired) electrons. The number of anilines is 1. The monoisotopic (exact) mass is 284 g/mol. The highest BCUT2D eigenvalue weighted by Gasteiger charge is 2.15. The molecule has 1 aromatic heterocycles. The highest BCUT2D eigenvalue weighted by Crippen LogP contribution is 2.23. The van der Waals surface area contributed by atoms with Crippen LogP contribution in [0.3, 0.4) is 0 Å². The Labute approximate surface area is 119 Å². The zero-order valence-corrected chi connectivity index (χ0v) is 12.5. The summed E-state index contributed by atoms with van der Waals surface area (Å²) >= 11 is 6.09. The molecule has 0 unspecified atom stereocenters. The van der Waals surface area contributed by atoms with Crippen molar-refractivity contribution in [1.29, 1.82) is 0 Å². The van der Waals surface area contributed by atoms with Gasteiger partial charge in [-0.2, -0.15) is 0 Å². The summed E-state index contributed by atoms with van der Waals surface area (Å²) in [6.07, 6.45) is 4.11. The molecular formula is C13H21ClN4O. The molecule has 0 atom stereocenters. The number of likely N-dealkylation sites (N-methyl/N-ethyl adjacent to an activating group) is 1. The molecule has 5 nitrogen and oxygen atoms in total. The van der Waals surface area contributed by atoms with Crippen molar-refractivity contribution in [1.82, 2.24) is 15.3 Å². The minimum Gasteiger partial charge on any atom is -0.355 e. The number of hydrogen-bond acceptors (Lipinski definition) is 4. The third-order valence-corrected chi connectivity index (χ3v) is 3.01. The molecule has 19 heavy (non-hydrogen) atoms. The molecule has 1 rings (SSSR count). The van der Waals surface area contributed by atoms with Gasteiger partial charge in [0.15, 0.2) is 0 Å². The van der Waals surface area contributed by atoms with Gasteiger partial charge in [0, 0.05) is 19.2 Å². The molecule has 0 aromatic carbocycles. The van der Waals surface area contributed by atoms with Gasteiger partial charge in [-0.15, -0.1) is 0 Å². The number of hydrogen-bond donors (Lipinski definition) is 1. The fraction of sp³-hybridized carbons (Fsp3) is 0.615. The Balaban J connectivity index is 2.78. The third kappa shape index (κ3) is 4.67. The third-order valence-electron chi connectivity index (χ3n) is 2.68. The van der Waals surface area contributed by atoms with Gasteiger partial charge in [-0.3, -0.25) is 4.79 Å². The van der Waals surface area contributed by atoms with Crippen LogP contribution in [0.5, 0.6) is 0 Å². The number of carbonyl (C=O) groups is 1. The van der Waals surface area contributed by atoms with E-state index < -0.39 is 0 Å². The van der Waals surface area contributed by atoms with Crippen molar-refractivity contribution >= 4 is 23.3 Å². The van der Waals surface area contributed by atoms with Gasteiger partial charge < -0.3 is 10.2 Å². The number of carbonyl (C=O) groups excluding carboxylic acids is 1. The van der Waals surface area contributed by atoms with E-state index in [1.54, 1.807) is 0 Å². The van der Waals surface area contributed by atoms with Crippen molar-refractivity contribution in [2.24, 2.45) is 0 Å². The van der Waals surface area contributed by atoms with E-state index in [1.807, 2.05) is 18.9 Å². The normalized spacial score (nSPS) is 10.3. The number of rotatable bonds is 7. The van der Waals surface area contributed by atoms with Gasteiger partial charge in [0.2, 0.25) is 5.91 Å². The first kappa shape index (κ1) is 15.7. The zero-order chi connectivity index (χ0) is 14.3. The molecule has 0 fully saturated rings. The molecule has 6 heteroatoms. The Morgan fingerprint density at radius 1 is 1.37 bits per heavy atom. The molecule has 0 saturated carbocycles. The average molecular weight is 285 g/mol. The smallest absolute Gasteiger partial charge is 0.239 e. The maximum absolute atomic E-state index is 11.7. The molecule has 1 N–H and O–H groups in total. The van der Waals surface area contributed by atoms with E-state index >= 15 is 0 Å². The minimum absolute atomic E-state index is 0.0125. The van der Waals surface area contributed by atoms with Crippen molar-refractivity contribution in [2.75, 3.05) is 25.0 Å². The van der Waals surface area contributed by atoms with Crippen LogP contribution in [0.2, 0.25) is 5.15 Å². The molecule has 1 heterocycles. The van der Waals surface area contributed by atoms with E-state index in [-0.39, 0.29) is 12.5 Å². The minimum atomic E-state index is -0.0125. The highest BCUT2D eigenvalue weighted by atomic mass is 35.5. The molecular weight excluding hydrogens is 264 g/mol. The fourth-order valence-corrected chi connectivity index (χ4v) is 2.01. The quantitative estimate of drug-likeness (QED) is 0.779. The van der Waals surface area contributed by atoms with Crippen LogP contribution in [0, 0.1) is 0 Å². The summed E-state index contributed by atoms with van der Waals surface area (Å²) in [5, 5.41) is 3.31. The Morgan fingerprint density at radius 3 is 2.74 bits per heavy atom. The number of amides is 1. The first-order valence-electron chi connectivity index (χ1n) is 6.57. The summed E-state index contributed by atoms with van der Waals surface area (Å²) in [7, 11) is 1.84. The van der Waals surface area contributed by atoms with E-state index in [0.717, 1.165) is 30.6 Å². The van der Waals surface area contributed by atoms with E-state index in [4.69, 9.17) is 11.6 Å². The molecule has 106 valence electrons. The summed E-state index contributed by atoms with van der Waals surface area (Å²) in [5.74, 6) is 0.718. The lowest BCUT2D eigenvalue weighted by Gasteiger charge is -2.20. The lowest BCUT2D eigenvalue weighted by Crippen LogP contribution is -2.36. The highest BCUT2D eigenvalue weighted by molar-refractivity contribution is 6.30. The standard InChI is InChI=1S/C13H21ClN4O/c1-4-6-10-12(14)16-9-17-13(10)18(3)8-11(19)15-7-5-2/h9H,4-8H2,1-3H3,(H,15,19). The van der Waals surface area contributed by atoms with E-state index in [0.29, 0.717) is 11.7 Å². The maximum Gasteiger partial charge on any atom is 0.239 e. The van der Waals surface area contributed by atoms with Crippen LogP contribution in [0.25, 0.3) is 0 Å². The summed E-state index contributed by atoms with van der Waals surface area (Å²) in [6.45, 7) is 5.05. The lowest BCUT2D eigenvalue weighted by atomic mass is 10.2. The van der Waals surface area contributed by atoms with Crippen LogP contribution < -0.4 is 10.2 Å². The molecule has 0 spiro atoms. The average Bonchev–Trinajstić information content (AvgIpc) is 2.38. The van der Waals surface area contributed by atoms with E-state index in [9.17, 15) is 4.79 Å². The van der Waals surface area contributed by atoms with Gasteiger partial charge in [0.1, 0.15) is 17.3 Å². The van der Waals surface area contributed by atoms with Gasteiger partial charge in [-0.05, 0) is 12.8 Å². The SMILES string of the molecule is CCCNC(=O)CN(C)c1ncnc(Cl)c1CCC. The molecule has 0 saturated heterocycles. The summed E-state index contributed by atoms with van der Waals surface area (Å²) in [6, 6.07) is 0. The number of nitrogens with one attached hydrogen (secondary N) is 1. The van der Waals surface area contributed by atoms with Crippen LogP contribution in [0.1, 0.15) is 32.3 Å².